The minimum atomic E-state index is -4.57. The predicted octanol–water partition coefficient (Wildman–Crippen LogP) is 3.63. The normalized spacial score (nSPS) is 13.9. The molecule has 5 rings (SSSR count). The van der Waals surface area contributed by atoms with Crippen LogP contribution in [0.3, 0.4) is 0 Å². The molecule has 0 radical (unpaired) electrons. The summed E-state index contributed by atoms with van der Waals surface area (Å²) in [6.45, 7) is 1.71. The Morgan fingerprint density at radius 1 is 1.09 bits per heavy atom. The van der Waals surface area contributed by atoms with Crippen molar-refractivity contribution in [1.29, 1.82) is 0 Å². The second-order valence-corrected chi connectivity index (χ2v) is 10.1. The zero-order valence-electron chi connectivity index (χ0n) is 18.7. The van der Waals surface area contributed by atoms with Gasteiger partial charge in [-0.05, 0) is 18.2 Å². The summed E-state index contributed by atoms with van der Waals surface area (Å²) < 4.78 is 60.6. The van der Waals surface area contributed by atoms with E-state index in [-0.39, 0.29) is 39.0 Å². The molecule has 0 aliphatic carbocycles. The number of aromatic nitrogens is 8. The summed E-state index contributed by atoms with van der Waals surface area (Å²) in [5.74, 6) is 0.719. The highest BCUT2D eigenvalue weighted by Crippen LogP contribution is 2.36. The molecule has 0 saturated heterocycles. The average molecular weight is 501 g/mol. The first-order valence-electron chi connectivity index (χ1n) is 10.4. The van der Waals surface area contributed by atoms with E-state index < -0.39 is 21.5 Å². The van der Waals surface area contributed by atoms with E-state index >= 15 is 0 Å². The lowest BCUT2D eigenvalue weighted by Gasteiger charge is -2.07. The third-order valence-electron chi connectivity index (χ3n) is 5.53. The van der Waals surface area contributed by atoms with Gasteiger partial charge < -0.3 is 4.57 Å². The maximum Gasteiger partial charge on any atom is 0.417 e. The Bertz CT molecular complexity index is 1700. The summed E-state index contributed by atoms with van der Waals surface area (Å²) in [4.78, 5) is 21.4. The molecule has 0 fully saturated rings. The number of imidazole rings is 1. The molecule has 5 aromatic heterocycles. The van der Waals surface area contributed by atoms with Crippen molar-refractivity contribution in [3.8, 4) is 22.9 Å². The van der Waals surface area contributed by atoms with Crippen molar-refractivity contribution in [3.63, 3.8) is 0 Å². The molecule has 0 N–H and O–H groups in total. The van der Waals surface area contributed by atoms with E-state index in [1.807, 2.05) is 0 Å². The molecule has 0 bridgehead atoms. The summed E-state index contributed by atoms with van der Waals surface area (Å²) in [5.41, 5.74) is 0.378. The van der Waals surface area contributed by atoms with Crippen LogP contribution in [0.1, 0.15) is 12.5 Å². The number of halogens is 3. The van der Waals surface area contributed by atoms with Gasteiger partial charge in [-0.25, -0.2) is 38.0 Å². The Kier molecular flexibility index (Phi) is 5.27. The Hall–Kier alpha value is -3.94. The number of hydrogen-bond donors (Lipinski definition) is 0. The zero-order chi connectivity index (χ0) is 25.0. The van der Waals surface area contributed by atoms with Gasteiger partial charge in [-0.15, -0.1) is 0 Å². The van der Waals surface area contributed by atoms with Gasteiger partial charge in [-0.2, -0.15) is 18.3 Å². The summed E-state index contributed by atoms with van der Waals surface area (Å²) >= 11 is 0. The molecule has 35 heavy (non-hydrogen) atoms. The van der Waals surface area contributed by atoms with Gasteiger partial charge in [-0.3, -0.25) is 0 Å². The second-order valence-electron chi connectivity index (χ2n) is 7.49. The van der Waals surface area contributed by atoms with Crippen LogP contribution in [0.4, 0.5) is 13.2 Å². The van der Waals surface area contributed by atoms with E-state index in [0.717, 1.165) is 12.3 Å². The maximum absolute atomic E-state index is 13.7. The highest BCUT2D eigenvalue weighted by atomic mass is 32.2. The molecule has 5 heterocycles. The predicted molar refractivity (Wildman–Crippen MR) is 122 cm³/mol. The number of pyridine rings is 1. The Balaban J connectivity index is 1.88. The van der Waals surface area contributed by atoms with Gasteiger partial charge in [0.05, 0.1) is 20.9 Å². The Morgan fingerprint density at radius 3 is 2.49 bits per heavy atom. The average Bonchev–Trinajstić information content (AvgIpc) is 3.41. The number of hydrogen-bond acceptors (Lipinski definition) is 8. The third-order valence-corrected chi connectivity index (χ3v) is 7.79. The van der Waals surface area contributed by atoms with Crippen molar-refractivity contribution in [2.45, 2.75) is 18.1 Å². The topological polar surface area (TPSA) is 116 Å². The fraction of sp³-hybridized carbons (Fsp3) is 0.238. The van der Waals surface area contributed by atoms with Crippen molar-refractivity contribution in [2.24, 2.45) is 11.4 Å². The summed E-state index contributed by atoms with van der Waals surface area (Å²) in [7, 11) is 0.0310. The minimum absolute atomic E-state index is 0.0293. The second kappa shape index (κ2) is 8.08. The molecule has 0 spiro atoms. The van der Waals surface area contributed by atoms with Gasteiger partial charge in [0.1, 0.15) is 17.0 Å². The summed E-state index contributed by atoms with van der Waals surface area (Å²) in [5, 5.41) is 4.72. The van der Waals surface area contributed by atoms with Gasteiger partial charge in [-0.1, -0.05) is 6.92 Å². The first-order chi connectivity index (χ1) is 16.7. The van der Waals surface area contributed by atoms with Gasteiger partial charge in [0, 0.05) is 44.6 Å². The van der Waals surface area contributed by atoms with Crippen LogP contribution >= 0.6 is 0 Å². The Labute approximate surface area is 197 Å². The van der Waals surface area contributed by atoms with E-state index in [1.165, 1.54) is 22.3 Å². The monoisotopic (exact) mass is 501 g/mol. The lowest BCUT2D eigenvalue weighted by molar-refractivity contribution is -0.137. The van der Waals surface area contributed by atoms with Gasteiger partial charge >= 0.3 is 6.18 Å². The fourth-order valence-corrected chi connectivity index (χ4v) is 5.17. The van der Waals surface area contributed by atoms with E-state index in [4.69, 9.17) is 0 Å². The van der Waals surface area contributed by atoms with Crippen molar-refractivity contribution in [1.82, 2.24) is 39.1 Å². The molecule has 0 amide bonds. The molecule has 0 saturated carbocycles. The molecule has 10 nitrogen and oxygen atoms in total. The van der Waals surface area contributed by atoms with Crippen LogP contribution in [0.15, 0.2) is 52.4 Å². The third kappa shape index (κ3) is 3.60. The van der Waals surface area contributed by atoms with Crippen LogP contribution in [0.2, 0.25) is 0 Å². The van der Waals surface area contributed by atoms with Crippen LogP contribution in [0.25, 0.3) is 39.7 Å². The van der Waals surface area contributed by atoms with Gasteiger partial charge in [0.15, 0.2) is 22.1 Å². The standard InChI is InChI=1S/C21H18F3N9OS/c1-4-35(34,25-2)20-15(18-28-9-6-14(33(18)31-20)16-26-7-5-8-27-16)19-30-13-10-12(21(22,23)24)11-29-17(13)32(19)3/h5-11H,4H2,1-3H3. The van der Waals surface area contributed by atoms with Crippen molar-refractivity contribution in [3.05, 3.63) is 48.5 Å². The minimum Gasteiger partial charge on any atom is -0.312 e. The largest absolute Gasteiger partial charge is 0.417 e. The molecular formula is C21H18F3N9OS. The number of fused-ring (bicyclic) bond motifs is 2. The number of nitrogens with zero attached hydrogens (tertiary/aromatic N) is 9. The molecule has 0 aromatic carbocycles. The van der Waals surface area contributed by atoms with Crippen molar-refractivity contribution >= 4 is 26.5 Å². The maximum atomic E-state index is 13.7. The van der Waals surface area contributed by atoms with Crippen LogP contribution in [-0.4, -0.2) is 56.1 Å². The first-order valence-corrected chi connectivity index (χ1v) is 12.0. The fourth-order valence-electron chi connectivity index (χ4n) is 3.75. The highest BCUT2D eigenvalue weighted by Gasteiger charge is 2.33. The first kappa shape index (κ1) is 22.8. The molecular weight excluding hydrogens is 483 g/mol. The van der Waals surface area contributed by atoms with E-state index in [2.05, 4.69) is 34.4 Å². The van der Waals surface area contributed by atoms with Gasteiger partial charge in [0.25, 0.3) is 0 Å². The molecule has 0 aliphatic rings. The van der Waals surface area contributed by atoms with E-state index in [9.17, 15) is 17.4 Å². The lowest BCUT2D eigenvalue weighted by atomic mass is 10.2. The summed E-state index contributed by atoms with van der Waals surface area (Å²) in [6.07, 6.45) is 0.857. The Morgan fingerprint density at radius 2 is 1.83 bits per heavy atom. The van der Waals surface area contributed by atoms with Gasteiger partial charge in [0.2, 0.25) is 0 Å². The highest BCUT2D eigenvalue weighted by molar-refractivity contribution is 7.93. The van der Waals surface area contributed by atoms with Crippen LogP contribution in [0.5, 0.6) is 0 Å². The van der Waals surface area contributed by atoms with E-state index in [0.29, 0.717) is 11.5 Å². The number of aryl methyl sites for hydroxylation is 1. The van der Waals surface area contributed by atoms with Crippen molar-refractivity contribution < 1.29 is 17.4 Å². The smallest absolute Gasteiger partial charge is 0.312 e. The van der Waals surface area contributed by atoms with Crippen LogP contribution < -0.4 is 0 Å². The molecule has 0 aliphatic heterocycles. The SMILES string of the molecule is CCS(=O)(=NC)c1nn2c(-c3ncccn3)ccnc2c1-c1nc2cc(C(F)(F)F)cnc2n1C. The zero-order valence-corrected chi connectivity index (χ0v) is 19.5. The molecule has 180 valence electrons. The number of rotatable bonds is 4. The van der Waals surface area contributed by atoms with Crippen LogP contribution in [-0.2, 0) is 23.0 Å². The number of alkyl halides is 3. The molecule has 14 heteroatoms. The van der Waals surface area contributed by atoms with E-state index in [1.54, 1.807) is 38.5 Å². The summed E-state index contributed by atoms with van der Waals surface area (Å²) in [6, 6.07) is 4.25. The lowest BCUT2D eigenvalue weighted by Crippen LogP contribution is -2.07. The van der Waals surface area contributed by atoms with Crippen molar-refractivity contribution in [2.75, 3.05) is 12.8 Å². The quantitative estimate of drug-likeness (QED) is 0.369. The molecule has 5 aromatic rings. The molecule has 1 unspecified atom stereocenters. The van der Waals surface area contributed by atoms with Crippen LogP contribution in [0, 0.1) is 0 Å². The molecule has 1 atom stereocenters.